The second kappa shape index (κ2) is 3.80. The fourth-order valence-electron chi connectivity index (χ4n) is 2.00. The topological polar surface area (TPSA) is 69.1 Å². The molecule has 2 aromatic heterocycles. The number of benzene rings is 1. The lowest BCUT2D eigenvalue weighted by Gasteiger charge is -2.08. The second-order valence-electron chi connectivity index (χ2n) is 4.38. The Bertz CT molecular complexity index is 729. The summed E-state index contributed by atoms with van der Waals surface area (Å²) in [5.41, 5.74) is 10.9. The van der Waals surface area contributed by atoms with Gasteiger partial charge in [0, 0.05) is 11.6 Å². The van der Waals surface area contributed by atoms with Crippen LogP contribution in [0.5, 0.6) is 0 Å². The predicted molar refractivity (Wildman–Crippen MR) is 70.1 cm³/mol. The quantitative estimate of drug-likeness (QED) is 0.705. The van der Waals surface area contributed by atoms with Gasteiger partial charge in [0.15, 0.2) is 5.65 Å². The molecule has 5 nitrogen and oxygen atoms in total. The average molecular weight is 239 g/mol. The molecule has 3 rings (SSSR count). The van der Waals surface area contributed by atoms with Gasteiger partial charge in [-0.1, -0.05) is 17.7 Å². The highest BCUT2D eigenvalue weighted by Crippen LogP contribution is 2.24. The Kier molecular flexibility index (Phi) is 2.26. The number of anilines is 1. The van der Waals surface area contributed by atoms with Crippen molar-refractivity contribution in [3.63, 3.8) is 0 Å². The molecule has 0 radical (unpaired) electrons. The number of aromatic nitrogens is 4. The third-order valence-corrected chi connectivity index (χ3v) is 2.99. The predicted octanol–water partition coefficient (Wildman–Crippen LogP) is 1.99. The number of hydrogen-bond donors (Lipinski definition) is 1. The molecule has 0 fully saturated rings. The average Bonchev–Trinajstić information content (AvgIpc) is 2.81. The Morgan fingerprint density at radius 3 is 2.83 bits per heavy atom. The van der Waals surface area contributed by atoms with Crippen LogP contribution in [0, 0.1) is 13.8 Å². The number of nitrogens with zero attached hydrogens (tertiary/aromatic N) is 4. The normalized spacial score (nSPS) is 11.0. The molecule has 2 heterocycles. The summed E-state index contributed by atoms with van der Waals surface area (Å²) in [6.07, 6.45) is 1.56. The standard InChI is InChI=1S/C13H13N5/c1-8-3-4-9(2)10(5-8)11-6-12-17-15-7-18(12)13(14)16-11/h3-7H,1-2H3,(H2,14,16). The lowest BCUT2D eigenvalue weighted by atomic mass is 10.0. The van der Waals surface area contributed by atoms with Crippen molar-refractivity contribution in [2.24, 2.45) is 0 Å². The molecule has 90 valence electrons. The highest BCUT2D eigenvalue weighted by molar-refractivity contribution is 5.68. The molecule has 18 heavy (non-hydrogen) atoms. The summed E-state index contributed by atoms with van der Waals surface area (Å²) in [6, 6.07) is 8.16. The first kappa shape index (κ1) is 10.7. The molecule has 1 aromatic carbocycles. The van der Waals surface area contributed by atoms with Gasteiger partial charge in [-0.25, -0.2) is 4.98 Å². The minimum atomic E-state index is 0.397. The summed E-state index contributed by atoms with van der Waals surface area (Å²) in [4.78, 5) is 4.41. The van der Waals surface area contributed by atoms with Crippen molar-refractivity contribution in [2.75, 3.05) is 5.73 Å². The number of aryl methyl sites for hydroxylation is 2. The van der Waals surface area contributed by atoms with E-state index in [4.69, 9.17) is 5.73 Å². The molecule has 3 aromatic rings. The fourth-order valence-corrected chi connectivity index (χ4v) is 2.00. The lowest BCUT2D eigenvalue weighted by molar-refractivity contribution is 1.08. The molecular weight excluding hydrogens is 226 g/mol. The van der Waals surface area contributed by atoms with Crippen molar-refractivity contribution in [3.8, 4) is 11.3 Å². The van der Waals surface area contributed by atoms with Crippen LogP contribution in [0.3, 0.4) is 0 Å². The van der Waals surface area contributed by atoms with Crippen molar-refractivity contribution in [3.05, 3.63) is 41.7 Å². The zero-order valence-electron chi connectivity index (χ0n) is 10.3. The van der Waals surface area contributed by atoms with Gasteiger partial charge < -0.3 is 5.73 Å². The summed E-state index contributed by atoms with van der Waals surface area (Å²) in [5.74, 6) is 0.397. The van der Waals surface area contributed by atoms with Crippen molar-refractivity contribution in [2.45, 2.75) is 13.8 Å². The number of hydrogen-bond acceptors (Lipinski definition) is 4. The second-order valence-corrected chi connectivity index (χ2v) is 4.38. The van der Waals surface area contributed by atoms with E-state index < -0.39 is 0 Å². The molecule has 0 bridgehead atoms. The van der Waals surface area contributed by atoms with E-state index in [0.29, 0.717) is 11.6 Å². The van der Waals surface area contributed by atoms with Crippen molar-refractivity contribution >= 4 is 11.6 Å². The third-order valence-electron chi connectivity index (χ3n) is 2.99. The van der Waals surface area contributed by atoms with E-state index in [2.05, 4.69) is 47.2 Å². The molecule has 0 spiro atoms. The first-order valence-electron chi connectivity index (χ1n) is 5.69. The summed E-state index contributed by atoms with van der Waals surface area (Å²) >= 11 is 0. The van der Waals surface area contributed by atoms with Gasteiger partial charge in [-0.3, -0.25) is 4.40 Å². The van der Waals surface area contributed by atoms with Crippen LogP contribution < -0.4 is 5.73 Å². The number of fused-ring (bicyclic) bond motifs is 1. The molecule has 0 saturated carbocycles. The van der Waals surface area contributed by atoms with Crippen molar-refractivity contribution in [1.82, 2.24) is 19.6 Å². The first-order valence-corrected chi connectivity index (χ1v) is 5.69. The van der Waals surface area contributed by atoms with Crippen LogP contribution in [-0.4, -0.2) is 19.6 Å². The molecule has 0 unspecified atom stereocenters. The van der Waals surface area contributed by atoms with Crippen LogP contribution in [0.1, 0.15) is 11.1 Å². The van der Waals surface area contributed by atoms with E-state index >= 15 is 0 Å². The summed E-state index contributed by atoms with van der Waals surface area (Å²) in [5, 5.41) is 7.84. The molecule has 0 saturated heterocycles. The van der Waals surface area contributed by atoms with Gasteiger partial charge in [0.05, 0.1) is 5.69 Å². The molecule has 0 amide bonds. The molecular formula is C13H13N5. The number of nitrogens with two attached hydrogens (primary N) is 1. The monoisotopic (exact) mass is 239 g/mol. The minimum Gasteiger partial charge on any atom is -0.369 e. The lowest BCUT2D eigenvalue weighted by Crippen LogP contribution is -2.01. The Balaban J connectivity index is 2.27. The fraction of sp³-hybridized carbons (Fsp3) is 0.154. The van der Waals surface area contributed by atoms with Crippen molar-refractivity contribution < 1.29 is 0 Å². The highest BCUT2D eigenvalue weighted by Gasteiger charge is 2.08. The zero-order valence-corrected chi connectivity index (χ0v) is 10.3. The molecule has 0 atom stereocenters. The van der Waals surface area contributed by atoms with Crippen LogP contribution in [0.2, 0.25) is 0 Å². The van der Waals surface area contributed by atoms with E-state index in [1.54, 1.807) is 10.7 Å². The van der Waals surface area contributed by atoms with Gasteiger partial charge in [-0.15, -0.1) is 10.2 Å². The smallest absolute Gasteiger partial charge is 0.207 e. The van der Waals surface area contributed by atoms with Gasteiger partial charge in [-0.05, 0) is 25.5 Å². The SMILES string of the molecule is Cc1ccc(C)c(-c2cc3nncn3c(N)n2)c1. The van der Waals surface area contributed by atoms with E-state index in [9.17, 15) is 0 Å². The zero-order chi connectivity index (χ0) is 12.7. The number of rotatable bonds is 1. The van der Waals surface area contributed by atoms with Crippen LogP contribution >= 0.6 is 0 Å². The maximum atomic E-state index is 5.90. The van der Waals surface area contributed by atoms with E-state index in [1.807, 2.05) is 6.07 Å². The molecule has 2 N–H and O–H groups in total. The molecule has 0 aliphatic carbocycles. The number of nitrogen functional groups attached to an aromatic ring is 1. The van der Waals surface area contributed by atoms with Gasteiger partial charge in [0.25, 0.3) is 0 Å². The first-order chi connectivity index (χ1) is 8.65. The summed E-state index contributed by atoms with van der Waals surface area (Å²) < 4.78 is 1.66. The van der Waals surface area contributed by atoms with Crippen LogP contribution in [-0.2, 0) is 0 Å². The van der Waals surface area contributed by atoms with Gasteiger partial charge in [0.1, 0.15) is 6.33 Å². The van der Waals surface area contributed by atoms with Crippen molar-refractivity contribution in [1.29, 1.82) is 0 Å². The van der Waals surface area contributed by atoms with E-state index in [-0.39, 0.29) is 0 Å². The summed E-state index contributed by atoms with van der Waals surface area (Å²) in [6.45, 7) is 4.11. The maximum absolute atomic E-state index is 5.90. The Morgan fingerprint density at radius 1 is 1.17 bits per heavy atom. The maximum Gasteiger partial charge on any atom is 0.207 e. The highest BCUT2D eigenvalue weighted by atomic mass is 15.3. The minimum absolute atomic E-state index is 0.397. The Hall–Kier alpha value is -2.43. The van der Waals surface area contributed by atoms with Crippen LogP contribution in [0.25, 0.3) is 16.9 Å². The Labute approximate surface area is 104 Å². The Morgan fingerprint density at radius 2 is 2.00 bits per heavy atom. The molecule has 5 heteroatoms. The molecule has 0 aliphatic heterocycles. The van der Waals surface area contributed by atoms with Crippen LogP contribution in [0.15, 0.2) is 30.6 Å². The van der Waals surface area contributed by atoms with Gasteiger partial charge >= 0.3 is 0 Å². The van der Waals surface area contributed by atoms with Gasteiger partial charge in [-0.2, -0.15) is 0 Å². The largest absolute Gasteiger partial charge is 0.369 e. The van der Waals surface area contributed by atoms with Crippen LogP contribution in [0.4, 0.5) is 5.95 Å². The molecule has 0 aliphatic rings. The third kappa shape index (κ3) is 1.60. The summed E-state index contributed by atoms with van der Waals surface area (Å²) in [7, 11) is 0. The van der Waals surface area contributed by atoms with E-state index in [0.717, 1.165) is 16.8 Å². The van der Waals surface area contributed by atoms with E-state index in [1.165, 1.54) is 5.56 Å². The van der Waals surface area contributed by atoms with Gasteiger partial charge in [0.2, 0.25) is 5.95 Å².